The topological polar surface area (TPSA) is 88.8 Å². The maximum Gasteiger partial charge on any atom is 0.159 e. The van der Waals surface area contributed by atoms with Gasteiger partial charge in [-0.15, -0.1) is 0 Å². The first-order valence-electron chi connectivity index (χ1n) is 8.30. The molecule has 4 aromatic rings. The number of anilines is 4. The molecule has 2 aromatic heterocycles. The number of benzene rings is 2. The average molecular weight is 342 g/mol. The van der Waals surface area contributed by atoms with E-state index in [1.807, 2.05) is 60.7 Å². The summed E-state index contributed by atoms with van der Waals surface area (Å²) in [6, 6.07) is 19.9. The normalized spacial score (nSPS) is 10.6. The van der Waals surface area contributed by atoms with E-state index in [1.165, 1.54) is 6.33 Å². The van der Waals surface area contributed by atoms with Crippen LogP contribution in [0.4, 0.5) is 23.0 Å². The third kappa shape index (κ3) is 3.25. The third-order valence-electron chi connectivity index (χ3n) is 4.09. The Balaban J connectivity index is 1.59. The van der Waals surface area contributed by atoms with Crippen LogP contribution < -0.4 is 16.4 Å². The molecule has 2 heterocycles. The molecule has 4 N–H and O–H groups in total. The number of rotatable bonds is 5. The molecule has 0 atom stereocenters. The lowest BCUT2D eigenvalue weighted by Gasteiger charge is -2.13. The first-order valence-corrected chi connectivity index (χ1v) is 8.30. The lowest BCUT2D eigenvalue weighted by atomic mass is 10.2. The van der Waals surface area contributed by atoms with Gasteiger partial charge in [-0.2, -0.15) is 0 Å². The molecule has 0 radical (unpaired) electrons. The molecule has 0 saturated heterocycles. The van der Waals surface area contributed by atoms with Crippen LogP contribution in [0.5, 0.6) is 0 Å². The van der Waals surface area contributed by atoms with Gasteiger partial charge in [0.15, 0.2) is 11.6 Å². The number of fused-ring (bicyclic) bond motifs is 1. The number of hydrogen-bond acceptors (Lipinski definition) is 6. The van der Waals surface area contributed by atoms with Gasteiger partial charge in [0.25, 0.3) is 0 Å². The summed E-state index contributed by atoms with van der Waals surface area (Å²) in [5.41, 5.74) is 9.71. The number of nitrogens with two attached hydrogens (primary N) is 1. The molecule has 0 aliphatic carbocycles. The van der Waals surface area contributed by atoms with Gasteiger partial charge in [0.2, 0.25) is 0 Å². The molecule has 4 rings (SSSR count). The Morgan fingerprint density at radius 3 is 2.54 bits per heavy atom. The lowest BCUT2D eigenvalue weighted by Crippen LogP contribution is -2.08. The molecule has 0 bridgehead atoms. The highest BCUT2D eigenvalue weighted by Crippen LogP contribution is 2.29. The molecule has 0 spiro atoms. The zero-order valence-corrected chi connectivity index (χ0v) is 14.1. The molecule has 128 valence electrons. The summed E-state index contributed by atoms with van der Waals surface area (Å²) in [5, 5.41) is 7.57. The molecule has 0 fully saturated rings. The quantitative estimate of drug-likeness (QED) is 0.509. The van der Waals surface area contributed by atoms with Crippen LogP contribution in [0.1, 0.15) is 5.56 Å². The van der Waals surface area contributed by atoms with Crippen LogP contribution in [0.15, 0.2) is 73.2 Å². The van der Waals surface area contributed by atoms with Crippen molar-refractivity contribution >= 4 is 33.9 Å². The van der Waals surface area contributed by atoms with Crippen LogP contribution in [0.2, 0.25) is 0 Å². The smallest absolute Gasteiger partial charge is 0.159 e. The molecule has 0 unspecified atom stereocenters. The van der Waals surface area contributed by atoms with Gasteiger partial charge in [0.1, 0.15) is 12.0 Å². The molecule has 0 amide bonds. The Kier molecular flexibility index (Phi) is 4.30. The Hall–Kier alpha value is -3.67. The van der Waals surface area contributed by atoms with E-state index < -0.39 is 0 Å². The minimum absolute atomic E-state index is 0.476. The van der Waals surface area contributed by atoms with Crippen molar-refractivity contribution < 1.29 is 0 Å². The van der Waals surface area contributed by atoms with Gasteiger partial charge < -0.3 is 16.4 Å². The van der Waals surface area contributed by atoms with Crippen molar-refractivity contribution in [3.05, 3.63) is 78.8 Å². The standard InChI is InChI=1S/C20H18N6/c21-18-19(23-12-14-6-2-1-3-7-14)24-13-25-20(18)26-17-10-4-9-16-15(17)8-5-11-22-16/h1-11,13H,12,21H2,(H2,23,24,25,26). The van der Waals surface area contributed by atoms with Crippen LogP contribution in [-0.4, -0.2) is 15.0 Å². The first-order chi connectivity index (χ1) is 12.8. The van der Waals surface area contributed by atoms with Crippen LogP contribution in [0.25, 0.3) is 10.9 Å². The van der Waals surface area contributed by atoms with E-state index in [0.717, 1.165) is 22.2 Å². The summed E-state index contributed by atoms with van der Waals surface area (Å²) in [6.45, 7) is 0.639. The predicted octanol–water partition coefficient (Wildman–Crippen LogP) is 3.96. The van der Waals surface area contributed by atoms with Gasteiger partial charge in [0.05, 0.1) is 5.52 Å². The fourth-order valence-electron chi connectivity index (χ4n) is 2.76. The van der Waals surface area contributed by atoms with Gasteiger partial charge in [-0.05, 0) is 29.8 Å². The largest absolute Gasteiger partial charge is 0.393 e. The lowest BCUT2D eigenvalue weighted by molar-refractivity contribution is 1.09. The van der Waals surface area contributed by atoms with Gasteiger partial charge in [0, 0.05) is 23.8 Å². The van der Waals surface area contributed by atoms with Crippen molar-refractivity contribution in [3.8, 4) is 0 Å². The Labute approximate surface area is 151 Å². The molecule has 2 aromatic carbocycles. The molecular formula is C20H18N6. The maximum atomic E-state index is 6.27. The number of hydrogen-bond donors (Lipinski definition) is 3. The van der Waals surface area contributed by atoms with Gasteiger partial charge in [-0.25, -0.2) is 9.97 Å². The van der Waals surface area contributed by atoms with E-state index in [2.05, 4.69) is 25.6 Å². The second kappa shape index (κ2) is 7.06. The number of pyridine rings is 1. The molecule has 6 nitrogen and oxygen atoms in total. The van der Waals surface area contributed by atoms with Crippen LogP contribution in [0.3, 0.4) is 0 Å². The Morgan fingerprint density at radius 1 is 0.808 bits per heavy atom. The number of nitrogen functional groups attached to an aromatic ring is 1. The van der Waals surface area contributed by atoms with E-state index >= 15 is 0 Å². The minimum atomic E-state index is 0.476. The van der Waals surface area contributed by atoms with Crippen molar-refractivity contribution in [1.82, 2.24) is 15.0 Å². The zero-order valence-electron chi connectivity index (χ0n) is 14.1. The van der Waals surface area contributed by atoms with Gasteiger partial charge in [-0.1, -0.05) is 36.4 Å². The van der Waals surface area contributed by atoms with Gasteiger partial charge in [-0.3, -0.25) is 4.98 Å². The highest BCUT2D eigenvalue weighted by atomic mass is 15.1. The molecule has 0 aliphatic heterocycles. The maximum absolute atomic E-state index is 6.27. The van der Waals surface area contributed by atoms with Crippen LogP contribution in [-0.2, 0) is 6.54 Å². The predicted molar refractivity (Wildman–Crippen MR) is 105 cm³/mol. The van der Waals surface area contributed by atoms with E-state index in [-0.39, 0.29) is 0 Å². The monoisotopic (exact) mass is 342 g/mol. The number of nitrogens with one attached hydrogen (secondary N) is 2. The van der Waals surface area contributed by atoms with E-state index in [9.17, 15) is 0 Å². The molecule has 0 aliphatic rings. The second-order valence-corrected chi connectivity index (χ2v) is 5.82. The van der Waals surface area contributed by atoms with E-state index in [0.29, 0.717) is 23.9 Å². The summed E-state index contributed by atoms with van der Waals surface area (Å²) in [7, 11) is 0. The van der Waals surface area contributed by atoms with Gasteiger partial charge >= 0.3 is 0 Å². The summed E-state index contributed by atoms with van der Waals surface area (Å²) < 4.78 is 0. The highest BCUT2D eigenvalue weighted by Gasteiger charge is 2.10. The Bertz CT molecular complexity index is 1030. The van der Waals surface area contributed by atoms with Crippen molar-refractivity contribution in [2.24, 2.45) is 0 Å². The number of nitrogens with zero attached hydrogens (tertiary/aromatic N) is 3. The summed E-state index contributed by atoms with van der Waals surface area (Å²) >= 11 is 0. The first kappa shape index (κ1) is 15.8. The van der Waals surface area contributed by atoms with E-state index in [4.69, 9.17) is 5.73 Å². The van der Waals surface area contributed by atoms with Crippen LogP contribution in [0, 0.1) is 0 Å². The van der Waals surface area contributed by atoms with Crippen LogP contribution >= 0.6 is 0 Å². The summed E-state index contributed by atoms with van der Waals surface area (Å²) in [5.74, 6) is 1.16. The molecule has 6 heteroatoms. The van der Waals surface area contributed by atoms with Crippen molar-refractivity contribution in [2.45, 2.75) is 6.54 Å². The molecule has 0 saturated carbocycles. The zero-order chi connectivity index (χ0) is 17.8. The fourth-order valence-corrected chi connectivity index (χ4v) is 2.76. The minimum Gasteiger partial charge on any atom is -0.393 e. The van der Waals surface area contributed by atoms with Crippen molar-refractivity contribution in [1.29, 1.82) is 0 Å². The molecular weight excluding hydrogens is 324 g/mol. The highest BCUT2D eigenvalue weighted by molar-refractivity contribution is 5.94. The van der Waals surface area contributed by atoms with E-state index in [1.54, 1.807) is 6.20 Å². The average Bonchev–Trinajstić information content (AvgIpc) is 2.70. The fraction of sp³-hybridized carbons (Fsp3) is 0.0500. The van der Waals surface area contributed by atoms with Crippen molar-refractivity contribution in [3.63, 3.8) is 0 Å². The third-order valence-corrected chi connectivity index (χ3v) is 4.09. The Morgan fingerprint density at radius 2 is 1.65 bits per heavy atom. The number of aromatic nitrogens is 3. The summed E-state index contributed by atoms with van der Waals surface area (Å²) in [4.78, 5) is 12.9. The summed E-state index contributed by atoms with van der Waals surface area (Å²) in [6.07, 6.45) is 3.27. The van der Waals surface area contributed by atoms with Crippen molar-refractivity contribution in [2.75, 3.05) is 16.4 Å². The SMILES string of the molecule is Nc1c(NCc2ccccc2)ncnc1Nc1cccc2ncccc12. The second-order valence-electron chi connectivity index (χ2n) is 5.82. The molecule has 26 heavy (non-hydrogen) atoms.